The van der Waals surface area contributed by atoms with Gasteiger partial charge in [0.05, 0.1) is 11.6 Å². The number of ketones is 1. The first kappa shape index (κ1) is 14.6. The van der Waals surface area contributed by atoms with E-state index in [0.717, 1.165) is 8.04 Å². The Hall–Kier alpha value is -0.430. The topological polar surface area (TPSA) is 46.2 Å². The fourth-order valence-electron chi connectivity index (χ4n) is 1.33. The molecular weight excluding hydrogens is 397 g/mol. The van der Waals surface area contributed by atoms with Crippen LogP contribution in [0.3, 0.4) is 0 Å². The molecule has 0 bridgehead atoms. The van der Waals surface area contributed by atoms with Crippen LogP contribution >= 0.6 is 38.5 Å². The number of Topliss-reactive ketones (excluding diaryl/α,β-unsaturated/α-hetero) is 1. The van der Waals surface area contributed by atoms with Crippen molar-refractivity contribution in [1.29, 1.82) is 0 Å². The fraction of sp³-hybridized carbons (Fsp3) is 0.333. The summed E-state index contributed by atoms with van der Waals surface area (Å²) in [5.74, 6) is -0.204. The van der Waals surface area contributed by atoms with E-state index in [2.05, 4.69) is 43.8 Å². The first-order valence-electron chi connectivity index (χ1n) is 5.24. The Morgan fingerprint density at radius 2 is 2.12 bits per heavy atom. The third kappa shape index (κ3) is 4.06. The largest absolute Gasteiger partial charge is 0.342 e. The molecule has 92 valence electrons. The van der Waals surface area contributed by atoms with Gasteiger partial charge in [-0.05, 0) is 63.6 Å². The summed E-state index contributed by atoms with van der Waals surface area (Å²) in [5, 5.41) is 2.69. The smallest absolute Gasteiger partial charge is 0.253 e. The third-order valence-corrected chi connectivity index (χ3v) is 3.71. The molecule has 0 heterocycles. The van der Waals surface area contributed by atoms with Crippen LogP contribution in [0.1, 0.15) is 30.6 Å². The molecule has 1 unspecified atom stereocenters. The van der Waals surface area contributed by atoms with E-state index in [1.807, 2.05) is 12.1 Å². The second-order valence-electron chi connectivity index (χ2n) is 3.64. The molecule has 1 aromatic rings. The monoisotopic (exact) mass is 409 g/mol. The molecule has 1 amide bonds. The van der Waals surface area contributed by atoms with Gasteiger partial charge in [-0.3, -0.25) is 9.59 Å². The van der Waals surface area contributed by atoms with E-state index in [1.54, 1.807) is 19.9 Å². The SMILES string of the molecule is CCC(=O)C(C)NC(=O)c1cc(I)ccc1Br. The van der Waals surface area contributed by atoms with Crippen molar-refractivity contribution < 1.29 is 9.59 Å². The second-order valence-corrected chi connectivity index (χ2v) is 5.74. The number of halogens is 2. The Morgan fingerprint density at radius 3 is 2.71 bits per heavy atom. The summed E-state index contributed by atoms with van der Waals surface area (Å²) in [6.45, 7) is 3.48. The summed E-state index contributed by atoms with van der Waals surface area (Å²) in [5.41, 5.74) is 0.549. The summed E-state index contributed by atoms with van der Waals surface area (Å²) >= 11 is 5.47. The standard InChI is InChI=1S/C12H13BrINO2/c1-3-11(16)7(2)15-12(17)9-6-8(14)4-5-10(9)13/h4-7H,3H2,1-2H3,(H,15,17). The summed E-state index contributed by atoms with van der Waals surface area (Å²) in [6, 6.07) is 5.06. The Kier molecular flexibility index (Phi) is 5.58. The Bertz CT molecular complexity index is 448. The number of benzene rings is 1. The van der Waals surface area contributed by atoms with E-state index in [1.165, 1.54) is 0 Å². The molecule has 0 saturated carbocycles. The number of carbonyl (C=O) groups is 2. The Balaban J connectivity index is 2.83. The van der Waals surface area contributed by atoms with E-state index in [9.17, 15) is 9.59 Å². The van der Waals surface area contributed by atoms with E-state index in [-0.39, 0.29) is 11.7 Å². The van der Waals surface area contributed by atoms with Crippen LogP contribution in [-0.2, 0) is 4.79 Å². The number of hydrogen-bond donors (Lipinski definition) is 1. The highest BCUT2D eigenvalue weighted by atomic mass is 127. The lowest BCUT2D eigenvalue weighted by Gasteiger charge is -2.12. The maximum atomic E-state index is 12.0. The molecule has 0 aromatic heterocycles. The highest BCUT2D eigenvalue weighted by Crippen LogP contribution is 2.19. The van der Waals surface area contributed by atoms with Gasteiger partial charge in [0.2, 0.25) is 0 Å². The molecule has 3 nitrogen and oxygen atoms in total. The van der Waals surface area contributed by atoms with Gasteiger partial charge >= 0.3 is 0 Å². The van der Waals surface area contributed by atoms with E-state index in [0.29, 0.717) is 12.0 Å². The van der Waals surface area contributed by atoms with Gasteiger partial charge in [-0.25, -0.2) is 0 Å². The van der Waals surface area contributed by atoms with Crippen LogP contribution in [-0.4, -0.2) is 17.7 Å². The molecule has 0 fully saturated rings. The summed E-state index contributed by atoms with van der Waals surface area (Å²) in [7, 11) is 0. The van der Waals surface area contributed by atoms with E-state index < -0.39 is 6.04 Å². The van der Waals surface area contributed by atoms with Crippen LogP contribution in [0, 0.1) is 3.57 Å². The molecule has 0 aliphatic carbocycles. The molecule has 1 rings (SSSR count). The second kappa shape index (κ2) is 6.49. The van der Waals surface area contributed by atoms with Gasteiger partial charge < -0.3 is 5.32 Å². The van der Waals surface area contributed by atoms with Gasteiger partial charge in [-0.2, -0.15) is 0 Å². The van der Waals surface area contributed by atoms with Crippen molar-refractivity contribution >= 4 is 50.2 Å². The third-order valence-electron chi connectivity index (χ3n) is 2.35. The summed E-state index contributed by atoms with van der Waals surface area (Å²) in [4.78, 5) is 23.4. The number of nitrogens with one attached hydrogen (secondary N) is 1. The zero-order valence-corrected chi connectivity index (χ0v) is 13.3. The number of hydrogen-bond acceptors (Lipinski definition) is 2. The predicted octanol–water partition coefficient (Wildman–Crippen LogP) is 3.15. The van der Waals surface area contributed by atoms with Crippen molar-refractivity contribution in [3.8, 4) is 0 Å². The van der Waals surface area contributed by atoms with Crippen LogP contribution in [0.2, 0.25) is 0 Å². The minimum Gasteiger partial charge on any atom is -0.342 e. The van der Waals surface area contributed by atoms with Crippen molar-refractivity contribution in [3.63, 3.8) is 0 Å². The van der Waals surface area contributed by atoms with E-state index in [4.69, 9.17) is 0 Å². The predicted molar refractivity (Wildman–Crippen MR) is 79.1 cm³/mol. The van der Waals surface area contributed by atoms with Gasteiger partial charge in [0, 0.05) is 14.5 Å². The maximum absolute atomic E-state index is 12.0. The Morgan fingerprint density at radius 1 is 1.47 bits per heavy atom. The minimum atomic E-state index is -0.447. The lowest BCUT2D eigenvalue weighted by molar-refractivity contribution is -0.120. The van der Waals surface area contributed by atoms with Crippen LogP contribution in [0.15, 0.2) is 22.7 Å². The fourth-order valence-corrected chi connectivity index (χ4v) is 2.25. The normalized spacial score (nSPS) is 12.0. The lowest BCUT2D eigenvalue weighted by Crippen LogP contribution is -2.38. The van der Waals surface area contributed by atoms with Crippen molar-refractivity contribution in [2.24, 2.45) is 0 Å². The molecule has 1 N–H and O–H groups in total. The van der Waals surface area contributed by atoms with Gasteiger partial charge in [0.15, 0.2) is 5.78 Å². The van der Waals surface area contributed by atoms with Crippen LogP contribution in [0.4, 0.5) is 0 Å². The quantitative estimate of drug-likeness (QED) is 0.776. The van der Waals surface area contributed by atoms with Crippen molar-refractivity contribution in [2.75, 3.05) is 0 Å². The molecule has 0 radical (unpaired) electrons. The summed E-state index contributed by atoms with van der Waals surface area (Å²) in [6.07, 6.45) is 0.426. The summed E-state index contributed by atoms with van der Waals surface area (Å²) < 4.78 is 1.71. The molecule has 0 spiro atoms. The van der Waals surface area contributed by atoms with Gasteiger partial charge in [0.25, 0.3) is 5.91 Å². The molecule has 1 atom stereocenters. The molecule has 0 aliphatic heterocycles. The van der Waals surface area contributed by atoms with Crippen molar-refractivity contribution in [2.45, 2.75) is 26.3 Å². The van der Waals surface area contributed by atoms with Crippen LogP contribution < -0.4 is 5.32 Å². The molecular formula is C12H13BrINO2. The highest BCUT2D eigenvalue weighted by Gasteiger charge is 2.16. The van der Waals surface area contributed by atoms with E-state index >= 15 is 0 Å². The van der Waals surface area contributed by atoms with Gasteiger partial charge in [0.1, 0.15) is 0 Å². The first-order valence-corrected chi connectivity index (χ1v) is 7.11. The molecule has 17 heavy (non-hydrogen) atoms. The molecule has 0 saturated heterocycles. The van der Waals surface area contributed by atoms with Gasteiger partial charge in [-0.1, -0.05) is 6.92 Å². The maximum Gasteiger partial charge on any atom is 0.253 e. The minimum absolute atomic E-state index is 0.0279. The Labute approximate surface area is 123 Å². The molecule has 1 aromatic carbocycles. The number of amides is 1. The van der Waals surface area contributed by atoms with Gasteiger partial charge in [-0.15, -0.1) is 0 Å². The average Bonchev–Trinajstić information content (AvgIpc) is 2.30. The molecule has 5 heteroatoms. The highest BCUT2D eigenvalue weighted by molar-refractivity contribution is 14.1. The first-order chi connectivity index (χ1) is 7.95. The molecule has 0 aliphatic rings. The van der Waals surface area contributed by atoms with Crippen LogP contribution in [0.25, 0.3) is 0 Å². The zero-order valence-electron chi connectivity index (χ0n) is 9.59. The zero-order chi connectivity index (χ0) is 13.0. The lowest BCUT2D eigenvalue weighted by atomic mass is 10.1. The number of carbonyl (C=O) groups excluding carboxylic acids is 2. The average molecular weight is 410 g/mol. The van der Waals surface area contributed by atoms with Crippen LogP contribution in [0.5, 0.6) is 0 Å². The van der Waals surface area contributed by atoms with Crippen molar-refractivity contribution in [1.82, 2.24) is 5.32 Å². The van der Waals surface area contributed by atoms with Crippen molar-refractivity contribution in [3.05, 3.63) is 31.8 Å². The number of rotatable bonds is 4.